The molecule has 0 radical (unpaired) electrons. The summed E-state index contributed by atoms with van der Waals surface area (Å²) in [5, 5.41) is 25.0. The zero-order valence-electron chi connectivity index (χ0n) is 20.9. The number of alkyl carbamates (subject to hydrolysis) is 1. The van der Waals surface area contributed by atoms with Crippen LogP contribution >= 0.6 is 0 Å². The molecule has 3 rings (SSSR count). The minimum Gasteiger partial charge on any atom is -0.481 e. The molecule has 0 saturated carbocycles. The molecule has 1 aliphatic rings. The minimum absolute atomic E-state index is 0.0134. The minimum atomic E-state index is -1.36. The Kier molecular flexibility index (Phi) is 9.80. The van der Waals surface area contributed by atoms with Crippen molar-refractivity contribution >= 4 is 29.8 Å². The van der Waals surface area contributed by atoms with Crippen molar-refractivity contribution < 1.29 is 38.9 Å². The van der Waals surface area contributed by atoms with Crippen molar-refractivity contribution in [2.24, 2.45) is 0 Å². The largest absolute Gasteiger partial charge is 0.481 e. The zero-order chi connectivity index (χ0) is 27.7. The van der Waals surface area contributed by atoms with Gasteiger partial charge in [0.2, 0.25) is 11.8 Å². The van der Waals surface area contributed by atoms with Gasteiger partial charge in [-0.05, 0) is 42.0 Å². The molecule has 0 aromatic heterocycles. The van der Waals surface area contributed by atoms with Crippen molar-refractivity contribution in [3.63, 3.8) is 0 Å². The lowest BCUT2D eigenvalue weighted by Gasteiger charge is -2.17. The Hall–Kier alpha value is -4.41. The van der Waals surface area contributed by atoms with E-state index in [-0.39, 0.29) is 37.8 Å². The molecule has 11 heteroatoms. The Bertz CT molecular complexity index is 1150. The fourth-order valence-electron chi connectivity index (χ4n) is 4.30. The first-order chi connectivity index (χ1) is 18.2. The number of hydrogen-bond acceptors (Lipinski definition) is 6. The molecule has 38 heavy (non-hydrogen) atoms. The molecule has 0 heterocycles. The van der Waals surface area contributed by atoms with Crippen LogP contribution in [0.15, 0.2) is 48.5 Å². The van der Waals surface area contributed by atoms with Crippen LogP contribution in [0.5, 0.6) is 0 Å². The summed E-state index contributed by atoms with van der Waals surface area (Å²) in [6.07, 6.45) is -0.991. The van der Waals surface area contributed by atoms with Crippen molar-refractivity contribution in [1.82, 2.24) is 16.0 Å². The van der Waals surface area contributed by atoms with E-state index in [0.29, 0.717) is 0 Å². The Morgan fingerprint density at radius 1 is 0.842 bits per heavy atom. The molecule has 0 spiro atoms. The van der Waals surface area contributed by atoms with E-state index in [1.165, 1.54) is 0 Å². The number of carboxylic acids is 2. The van der Waals surface area contributed by atoms with Crippen LogP contribution < -0.4 is 16.0 Å². The molecule has 202 valence electrons. The maximum absolute atomic E-state index is 12.4. The van der Waals surface area contributed by atoms with Crippen LogP contribution in [-0.2, 0) is 23.9 Å². The topological polar surface area (TPSA) is 171 Å². The fraction of sp³-hybridized carbons (Fsp3) is 0.370. The number of carbonyl (C=O) groups excluding carboxylic acids is 3. The molecule has 0 fully saturated rings. The van der Waals surface area contributed by atoms with Crippen LogP contribution in [0.25, 0.3) is 11.1 Å². The van der Waals surface area contributed by atoms with Crippen LogP contribution in [0.1, 0.15) is 49.7 Å². The average molecular weight is 526 g/mol. The highest BCUT2D eigenvalue weighted by Gasteiger charge is 2.29. The Balaban J connectivity index is 1.37. The SMILES string of the molecule is CC(CCC(=O)NCC(=O)NC(CCC(=O)O)C(=O)O)NC(=O)OCC1c2ccccc2-c2ccccc21. The number of nitrogens with one attached hydrogen (secondary N) is 3. The summed E-state index contributed by atoms with van der Waals surface area (Å²) in [5.74, 6) is -3.82. The predicted octanol–water partition coefficient (Wildman–Crippen LogP) is 2.24. The van der Waals surface area contributed by atoms with E-state index in [4.69, 9.17) is 14.9 Å². The van der Waals surface area contributed by atoms with E-state index in [9.17, 15) is 24.0 Å². The van der Waals surface area contributed by atoms with Gasteiger partial charge in [0.15, 0.2) is 0 Å². The van der Waals surface area contributed by atoms with Crippen LogP contribution in [0.3, 0.4) is 0 Å². The maximum Gasteiger partial charge on any atom is 0.407 e. The monoisotopic (exact) mass is 525 g/mol. The van der Waals surface area contributed by atoms with Gasteiger partial charge in [-0.3, -0.25) is 14.4 Å². The molecule has 11 nitrogen and oxygen atoms in total. The third-order valence-electron chi connectivity index (χ3n) is 6.24. The van der Waals surface area contributed by atoms with Crippen LogP contribution in [0.4, 0.5) is 4.79 Å². The second-order valence-corrected chi connectivity index (χ2v) is 9.08. The summed E-state index contributed by atoms with van der Waals surface area (Å²) < 4.78 is 5.50. The van der Waals surface area contributed by atoms with E-state index in [1.54, 1.807) is 6.92 Å². The number of amides is 3. The van der Waals surface area contributed by atoms with E-state index in [2.05, 4.69) is 28.1 Å². The van der Waals surface area contributed by atoms with Crippen LogP contribution in [-0.4, -0.2) is 65.3 Å². The van der Waals surface area contributed by atoms with Gasteiger partial charge in [0, 0.05) is 24.8 Å². The van der Waals surface area contributed by atoms with E-state index < -0.39 is 48.9 Å². The molecule has 2 aromatic carbocycles. The van der Waals surface area contributed by atoms with E-state index in [0.717, 1.165) is 22.3 Å². The van der Waals surface area contributed by atoms with E-state index in [1.807, 2.05) is 36.4 Å². The van der Waals surface area contributed by atoms with Gasteiger partial charge in [-0.25, -0.2) is 9.59 Å². The summed E-state index contributed by atoms with van der Waals surface area (Å²) in [6.45, 7) is 1.44. The van der Waals surface area contributed by atoms with Gasteiger partial charge < -0.3 is 30.9 Å². The van der Waals surface area contributed by atoms with Crippen molar-refractivity contribution in [3.05, 3.63) is 59.7 Å². The van der Waals surface area contributed by atoms with Crippen LogP contribution in [0.2, 0.25) is 0 Å². The predicted molar refractivity (Wildman–Crippen MR) is 136 cm³/mol. The number of fused-ring (bicyclic) bond motifs is 3. The highest BCUT2D eigenvalue weighted by molar-refractivity contribution is 5.88. The summed E-state index contributed by atoms with van der Waals surface area (Å²) >= 11 is 0. The number of benzene rings is 2. The summed E-state index contributed by atoms with van der Waals surface area (Å²) in [7, 11) is 0. The molecule has 3 amide bonds. The molecule has 0 bridgehead atoms. The molecular weight excluding hydrogens is 494 g/mol. The highest BCUT2D eigenvalue weighted by Crippen LogP contribution is 2.44. The van der Waals surface area contributed by atoms with Crippen molar-refractivity contribution in [3.8, 4) is 11.1 Å². The quantitative estimate of drug-likeness (QED) is 0.265. The van der Waals surface area contributed by atoms with Gasteiger partial charge in [0.05, 0.1) is 6.54 Å². The summed E-state index contributed by atoms with van der Waals surface area (Å²) in [4.78, 5) is 58.1. The van der Waals surface area contributed by atoms with Gasteiger partial charge >= 0.3 is 18.0 Å². The molecule has 0 saturated heterocycles. The third kappa shape index (κ3) is 7.79. The van der Waals surface area contributed by atoms with Gasteiger partial charge in [-0.2, -0.15) is 0 Å². The molecular formula is C27H31N3O8. The number of aliphatic carboxylic acids is 2. The first-order valence-electron chi connectivity index (χ1n) is 12.3. The molecule has 2 atom stereocenters. The second kappa shape index (κ2) is 13.2. The van der Waals surface area contributed by atoms with Gasteiger partial charge in [-0.1, -0.05) is 48.5 Å². The number of rotatable bonds is 13. The lowest BCUT2D eigenvalue weighted by atomic mass is 9.98. The third-order valence-corrected chi connectivity index (χ3v) is 6.24. The number of hydrogen-bond donors (Lipinski definition) is 5. The first-order valence-corrected chi connectivity index (χ1v) is 12.3. The number of carboxylic acid groups (broad SMARTS) is 2. The lowest BCUT2D eigenvalue weighted by molar-refractivity contribution is -0.143. The van der Waals surface area contributed by atoms with Gasteiger partial charge in [0.1, 0.15) is 12.6 Å². The first kappa shape index (κ1) is 28.2. The van der Waals surface area contributed by atoms with Crippen LogP contribution in [0, 0.1) is 0 Å². The van der Waals surface area contributed by atoms with Gasteiger partial charge in [-0.15, -0.1) is 0 Å². The van der Waals surface area contributed by atoms with Crippen molar-refractivity contribution in [2.75, 3.05) is 13.2 Å². The fourth-order valence-corrected chi connectivity index (χ4v) is 4.30. The summed E-state index contributed by atoms with van der Waals surface area (Å²) in [5.41, 5.74) is 4.46. The highest BCUT2D eigenvalue weighted by atomic mass is 16.5. The molecule has 2 unspecified atom stereocenters. The Labute approximate surface area is 219 Å². The van der Waals surface area contributed by atoms with Gasteiger partial charge in [0.25, 0.3) is 0 Å². The van der Waals surface area contributed by atoms with Crippen molar-refractivity contribution in [1.29, 1.82) is 0 Å². The normalized spacial score (nSPS) is 13.4. The molecule has 2 aromatic rings. The smallest absolute Gasteiger partial charge is 0.407 e. The maximum atomic E-state index is 12.4. The van der Waals surface area contributed by atoms with E-state index >= 15 is 0 Å². The Morgan fingerprint density at radius 2 is 1.45 bits per heavy atom. The number of carbonyl (C=O) groups is 5. The number of ether oxygens (including phenoxy) is 1. The lowest BCUT2D eigenvalue weighted by Crippen LogP contribution is -2.45. The van der Waals surface area contributed by atoms with Crippen molar-refractivity contribution in [2.45, 2.75) is 50.6 Å². The standard InChI is InChI=1S/C27H31N3O8/c1-16(10-12-23(31)28-14-24(32)30-22(26(35)36)11-13-25(33)34)29-27(37)38-15-21-19-8-4-2-6-17(19)18-7-3-5-9-20(18)21/h2-9,16,21-22H,10-15H2,1H3,(H,28,31)(H,29,37)(H,30,32)(H,33,34)(H,35,36). The molecule has 0 aliphatic heterocycles. The second-order valence-electron chi connectivity index (χ2n) is 9.08. The zero-order valence-corrected chi connectivity index (χ0v) is 20.9. The average Bonchev–Trinajstić information content (AvgIpc) is 3.20. The molecule has 5 N–H and O–H groups in total. The summed E-state index contributed by atoms with van der Waals surface area (Å²) in [6, 6.07) is 14.3. The Morgan fingerprint density at radius 3 is 2.03 bits per heavy atom. The molecule has 1 aliphatic carbocycles.